The molecule has 5 heteroatoms. The van der Waals surface area contributed by atoms with Crippen LogP contribution in [0.15, 0.2) is 41.2 Å². The Morgan fingerprint density at radius 2 is 2.11 bits per heavy atom. The van der Waals surface area contributed by atoms with Gasteiger partial charge in [0.1, 0.15) is 11.6 Å². The highest BCUT2D eigenvalue weighted by Gasteiger charge is 2.09. The molecule has 5 nitrogen and oxygen atoms in total. The van der Waals surface area contributed by atoms with Crippen LogP contribution < -0.4 is 5.56 Å². The van der Waals surface area contributed by atoms with Crippen molar-refractivity contribution < 1.29 is 4.74 Å². The number of ether oxygens (including phenoxy) is 1. The van der Waals surface area contributed by atoms with Crippen LogP contribution >= 0.6 is 0 Å². The monoisotopic (exact) mass is 255 g/mol. The number of nitrogens with zero attached hydrogens (tertiary/aromatic N) is 3. The van der Waals surface area contributed by atoms with Crippen molar-refractivity contribution in [3.63, 3.8) is 0 Å². The molecule has 0 radical (unpaired) electrons. The number of benzene rings is 1. The van der Waals surface area contributed by atoms with Gasteiger partial charge in [0.15, 0.2) is 0 Å². The maximum absolute atomic E-state index is 11.9. The van der Waals surface area contributed by atoms with Crippen molar-refractivity contribution in [3.8, 4) is 17.3 Å². The van der Waals surface area contributed by atoms with E-state index in [-0.39, 0.29) is 11.1 Å². The summed E-state index contributed by atoms with van der Waals surface area (Å²) in [6.45, 7) is 0.695. The van der Waals surface area contributed by atoms with Gasteiger partial charge in [-0.3, -0.25) is 4.79 Å². The maximum atomic E-state index is 11.9. The highest BCUT2D eigenvalue weighted by atomic mass is 16.5. The van der Waals surface area contributed by atoms with Gasteiger partial charge in [0, 0.05) is 12.7 Å². The van der Waals surface area contributed by atoms with Gasteiger partial charge in [-0.1, -0.05) is 30.3 Å². The van der Waals surface area contributed by atoms with E-state index in [4.69, 9.17) is 10.00 Å². The lowest BCUT2D eigenvalue weighted by atomic mass is 10.1. The first-order valence-electron chi connectivity index (χ1n) is 5.83. The Morgan fingerprint density at radius 1 is 1.37 bits per heavy atom. The first-order valence-corrected chi connectivity index (χ1v) is 5.83. The molecule has 96 valence electrons. The van der Waals surface area contributed by atoms with Crippen molar-refractivity contribution in [2.45, 2.75) is 6.54 Å². The quantitative estimate of drug-likeness (QED) is 0.828. The minimum absolute atomic E-state index is 0.0879. The maximum Gasteiger partial charge on any atom is 0.284 e. The third-order valence-electron chi connectivity index (χ3n) is 2.67. The van der Waals surface area contributed by atoms with Gasteiger partial charge in [-0.2, -0.15) is 10.4 Å². The molecule has 0 bridgehead atoms. The lowest BCUT2D eigenvalue weighted by Crippen LogP contribution is -2.27. The summed E-state index contributed by atoms with van der Waals surface area (Å²) >= 11 is 0. The molecular weight excluding hydrogens is 242 g/mol. The van der Waals surface area contributed by atoms with Crippen LogP contribution in [0.3, 0.4) is 0 Å². The van der Waals surface area contributed by atoms with Crippen LogP contribution in [0, 0.1) is 11.3 Å². The molecular formula is C14H13N3O2. The number of hydrogen-bond donors (Lipinski definition) is 0. The molecule has 1 heterocycles. The van der Waals surface area contributed by atoms with Crippen molar-refractivity contribution in [2.24, 2.45) is 0 Å². The van der Waals surface area contributed by atoms with Crippen molar-refractivity contribution in [1.29, 1.82) is 5.26 Å². The predicted octanol–water partition coefficient (Wildman–Crippen LogP) is 1.43. The number of methoxy groups -OCH3 is 1. The Labute approximate surface area is 110 Å². The normalized spacial score (nSPS) is 10.1. The van der Waals surface area contributed by atoms with E-state index in [9.17, 15) is 4.79 Å². The highest BCUT2D eigenvalue weighted by Crippen LogP contribution is 2.15. The smallest absolute Gasteiger partial charge is 0.284 e. The van der Waals surface area contributed by atoms with Crippen molar-refractivity contribution >= 4 is 0 Å². The topological polar surface area (TPSA) is 67.9 Å². The molecule has 1 aromatic carbocycles. The fraction of sp³-hybridized carbons (Fsp3) is 0.214. The number of hydrogen-bond acceptors (Lipinski definition) is 4. The van der Waals surface area contributed by atoms with Crippen LogP contribution in [0.2, 0.25) is 0 Å². The van der Waals surface area contributed by atoms with Gasteiger partial charge >= 0.3 is 0 Å². The second-order valence-corrected chi connectivity index (χ2v) is 3.94. The van der Waals surface area contributed by atoms with Crippen LogP contribution in [-0.2, 0) is 11.3 Å². The second kappa shape index (κ2) is 5.94. The van der Waals surface area contributed by atoms with Gasteiger partial charge in [0.25, 0.3) is 5.56 Å². The second-order valence-electron chi connectivity index (χ2n) is 3.94. The van der Waals surface area contributed by atoms with Crippen LogP contribution in [0.4, 0.5) is 0 Å². The molecule has 1 aromatic heterocycles. The summed E-state index contributed by atoms with van der Waals surface area (Å²) in [6.07, 6.45) is 0. The number of rotatable bonds is 4. The van der Waals surface area contributed by atoms with E-state index in [2.05, 4.69) is 5.10 Å². The fourth-order valence-corrected chi connectivity index (χ4v) is 1.70. The highest BCUT2D eigenvalue weighted by molar-refractivity contribution is 5.59. The molecule has 0 amide bonds. The molecule has 0 N–H and O–H groups in total. The van der Waals surface area contributed by atoms with E-state index in [0.29, 0.717) is 18.8 Å². The molecule has 0 saturated heterocycles. The molecule has 0 fully saturated rings. The molecule has 2 aromatic rings. The standard InChI is InChI=1S/C14H13N3O2/c1-19-8-7-17-14(18)12(10-15)9-13(16-17)11-5-3-2-4-6-11/h2-6,9H,7-8H2,1H3. The van der Waals surface area contributed by atoms with Gasteiger partial charge in [-0.15, -0.1) is 0 Å². The lowest BCUT2D eigenvalue weighted by molar-refractivity contribution is 0.182. The van der Waals surface area contributed by atoms with Crippen LogP contribution in [0.1, 0.15) is 5.56 Å². The van der Waals surface area contributed by atoms with Gasteiger partial charge < -0.3 is 4.74 Å². The zero-order valence-corrected chi connectivity index (χ0v) is 10.5. The molecule has 0 spiro atoms. The summed E-state index contributed by atoms with van der Waals surface area (Å²) in [7, 11) is 1.55. The number of aromatic nitrogens is 2. The predicted molar refractivity (Wildman–Crippen MR) is 70.5 cm³/mol. The van der Waals surface area contributed by atoms with Crippen molar-refractivity contribution in [3.05, 3.63) is 52.3 Å². The Kier molecular flexibility index (Phi) is 4.06. The molecule has 0 aliphatic heterocycles. The van der Waals surface area contributed by atoms with Crippen molar-refractivity contribution in [2.75, 3.05) is 13.7 Å². The Balaban J connectivity index is 2.52. The Bertz CT molecular complexity index is 657. The van der Waals surface area contributed by atoms with Crippen LogP contribution in [0.5, 0.6) is 0 Å². The van der Waals surface area contributed by atoms with E-state index in [1.807, 2.05) is 36.4 Å². The third-order valence-corrected chi connectivity index (χ3v) is 2.67. The van der Waals surface area contributed by atoms with E-state index in [1.165, 1.54) is 10.7 Å². The third kappa shape index (κ3) is 2.87. The van der Waals surface area contributed by atoms with E-state index < -0.39 is 0 Å². The molecule has 0 unspecified atom stereocenters. The van der Waals surface area contributed by atoms with E-state index in [1.54, 1.807) is 7.11 Å². The summed E-state index contributed by atoms with van der Waals surface area (Å²) in [6, 6.07) is 12.9. The van der Waals surface area contributed by atoms with E-state index >= 15 is 0 Å². The van der Waals surface area contributed by atoms with Gasteiger partial charge in [0.05, 0.1) is 18.8 Å². The van der Waals surface area contributed by atoms with Gasteiger partial charge in [0.2, 0.25) is 0 Å². The summed E-state index contributed by atoms with van der Waals surface area (Å²) in [5, 5.41) is 13.3. The minimum atomic E-state index is -0.390. The molecule has 2 rings (SSSR count). The minimum Gasteiger partial charge on any atom is -0.383 e. The molecule has 0 aliphatic rings. The largest absolute Gasteiger partial charge is 0.383 e. The van der Waals surface area contributed by atoms with Gasteiger partial charge in [-0.05, 0) is 6.07 Å². The lowest BCUT2D eigenvalue weighted by Gasteiger charge is -2.07. The van der Waals surface area contributed by atoms with Crippen LogP contribution in [0.25, 0.3) is 11.3 Å². The zero-order chi connectivity index (χ0) is 13.7. The zero-order valence-electron chi connectivity index (χ0n) is 10.5. The summed E-state index contributed by atoms with van der Waals surface area (Å²) < 4.78 is 6.21. The van der Waals surface area contributed by atoms with E-state index in [0.717, 1.165) is 5.56 Å². The summed E-state index contributed by atoms with van der Waals surface area (Å²) in [5.41, 5.74) is 1.17. The Hall–Kier alpha value is -2.45. The first-order chi connectivity index (χ1) is 9.26. The molecule has 0 saturated carbocycles. The van der Waals surface area contributed by atoms with Crippen LogP contribution in [-0.4, -0.2) is 23.5 Å². The first kappa shape index (κ1) is 13.0. The summed E-state index contributed by atoms with van der Waals surface area (Å²) in [4.78, 5) is 11.9. The number of nitriles is 1. The molecule has 19 heavy (non-hydrogen) atoms. The molecule has 0 atom stereocenters. The van der Waals surface area contributed by atoms with Crippen molar-refractivity contribution in [1.82, 2.24) is 9.78 Å². The average Bonchev–Trinajstić information content (AvgIpc) is 2.47. The summed E-state index contributed by atoms with van der Waals surface area (Å²) in [5.74, 6) is 0. The SMILES string of the molecule is COCCn1nc(-c2ccccc2)cc(C#N)c1=O. The Morgan fingerprint density at radius 3 is 2.74 bits per heavy atom. The fourth-order valence-electron chi connectivity index (χ4n) is 1.70. The van der Waals surface area contributed by atoms with Gasteiger partial charge in [-0.25, -0.2) is 4.68 Å². The average molecular weight is 255 g/mol. The molecule has 0 aliphatic carbocycles.